The molecule has 1 N–H and O–H groups in total. The molecular formula is C23H28ClF3N2O3S. The Morgan fingerprint density at radius 1 is 1.15 bits per heavy atom. The van der Waals surface area contributed by atoms with Crippen LogP contribution in [0.25, 0.3) is 0 Å². The summed E-state index contributed by atoms with van der Waals surface area (Å²) in [6.45, 7) is 6.17. The lowest BCUT2D eigenvalue weighted by atomic mass is 9.98. The van der Waals surface area contributed by atoms with Crippen molar-refractivity contribution in [1.29, 1.82) is 0 Å². The maximum absolute atomic E-state index is 13.0. The van der Waals surface area contributed by atoms with Gasteiger partial charge in [0.1, 0.15) is 0 Å². The van der Waals surface area contributed by atoms with Gasteiger partial charge in [0.25, 0.3) is 0 Å². The molecule has 33 heavy (non-hydrogen) atoms. The van der Waals surface area contributed by atoms with Crippen LogP contribution in [0.15, 0.2) is 41.3 Å². The van der Waals surface area contributed by atoms with Crippen molar-refractivity contribution in [3.05, 3.63) is 58.1 Å². The van der Waals surface area contributed by atoms with Crippen molar-refractivity contribution >= 4 is 27.1 Å². The Balaban J connectivity index is 1.81. The van der Waals surface area contributed by atoms with Crippen molar-refractivity contribution in [3.63, 3.8) is 0 Å². The minimum absolute atomic E-state index is 0.0963. The first-order chi connectivity index (χ1) is 15.3. The van der Waals surface area contributed by atoms with Crippen LogP contribution in [0.3, 0.4) is 0 Å². The van der Waals surface area contributed by atoms with E-state index in [-0.39, 0.29) is 28.5 Å². The molecule has 0 bridgehead atoms. The van der Waals surface area contributed by atoms with Crippen LogP contribution in [0, 0.1) is 5.92 Å². The average molecular weight is 505 g/mol. The largest absolute Gasteiger partial charge is 0.417 e. The van der Waals surface area contributed by atoms with Crippen molar-refractivity contribution in [2.75, 3.05) is 30.8 Å². The first-order valence-electron chi connectivity index (χ1n) is 10.6. The fourth-order valence-electron chi connectivity index (χ4n) is 4.25. The number of benzene rings is 2. The molecule has 5 nitrogen and oxygen atoms in total. The van der Waals surface area contributed by atoms with Crippen LogP contribution in [-0.2, 0) is 29.2 Å². The molecule has 0 radical (unpaired) electrons. The maximum atomic E-state index is 13.0. The van der Waals surface area contributed by atoms with Crippen LogP contribution in [0.2, 0.25) is 5.02 Å². The number of alkyl halides is 3. The van der Waals surface area contributed by atoms with Gasteiger partial charge in [-0.15, -0.1) is 0 Å². The molecule has 3 rings (SSSR count). The lowest BCUT2D eigenvalue weighted by molar-refractivity contribution is -0.137. The zero-order valence-electron chi connectivity index (χ0n) is 18.7. The molecule has 10 heteroatoms. The molecule has 0 saturated carbocycles. The van der Waals surface area contributed by atoms with E-state index in [9.17, 15) is 26.7 Å². The number of nitrogens with zero attached hydrogens (tertiary/aromatic N) is 2. The van der Waals surface area contributed by atoms with Crippen LogP contribution in [-0.4, -0.2) is 50.4 Å². The molecule has 0 amide bonds. The summed E-state index contributed by atoms with van der Waals surface area (Å²) < 4.78 is 63.4. The second kappa shape index (κ2) is 9.82. The first kappa shape index (κ1) is 25.8. The second-order valence-corrected chi connectivity index (χ2v) is 11.2. The standard InChI is InChI=1S/C23H28ClF3N2O3S/c1-15(2)21-13-28(18-6-5-17(14-30)22(11-18)33(3,31)32)8-9-29(21)12-16-4-7-19(20(24)10-16)23(25,26)27/h4-7,10-11,15,21,30H,8-9,12-14H2,1-3H3/t21-/m1/s1. The smallest absolute Gasteiger partial charge is 0.392 e. The molecule has 1 fully saturated rings. The zero-order valence-corrected chi connectivity index (χ0v) is 20.3. The van der Waals surface area contributed by atoms with Crippen LogP contribution >= 0.6 is 11.6 Å². The third kappa shape index (κ3) is 6.01. The highest BCUT2D eigenvalue weighted by atomic mass is 35.5. The Labute approximate surface area is 197 Å². The second-order valence-electron chi connectivity index (χ2n) is 8.76. The van der Waals surface area contributed by atoms with Gasteiger partial charge in [-0.1, -0.05) is 37.6 Å². The van der Waals surface area contributed by atoms with E-state index >= 15 is 0 Å². The van der Waals surface area contributed by atoms with E-state index in [4.69, 9.17) is 11.6 Å². The normalized spacial score (nSPS) is 18.2. The van der Waals surface area contributed by atoms with E-state index in [1.54, 1.807) is 12.1 Å². The van der Waals surface area contributed by atoms with Gasteiger partial charge in [0.05, 0.1) is 22.1 Å². The van der Waals surface area contributed by atoms with Crippen LogP contribution in [0.1, 0.15) is 30.5 Å². The Bertz CT molecular complexity index is 1110. The number of rotatable bonds is 6. The van der Waals surface area contributed by atoms with Crippen molar-refractivity contribution < 1.29 is 26.7 Å². The molecule has 0 unspecified atom stereocenters. The Kier molecular flexibility index (Phi) is 7.68. The molecule has 1 aliphatic rings. The van der Waals surface area contributed by atoms with E-state index in [0.717, 1.165) is 18.0 Å². The van der Waals surface area contributed by atoms with Crippen LogP contribution in [0.5, 0.6) is 0 Å². The number of hydrogen-bond donors (Lipinski definition) is 1. The minimum Gasteiger partial charge on any atom is -0.392 e. The number of aliphatic hydroxyl groups is 1. The molecule has 1 aliphatic heterocycles. The lowest BCUT2D eigenvalue weighted by Crippen LogP contribution is -2.54. The van der Waals surface area contributed by atoms with E-state index in [1.807, 2.05) is 6.07 Å². The van der Waals surface area contributed by atoms with E-state index in [2.05, 4.69) is 23.6 Å². The summed E-state index contributed by atoms with van der Waals surface area (Å²) in [4.78, 5) is 4.45. The SMILES string of the molecule is CC(C)[C@H]1CN(c2ccc(CO)c(S(C)(=O)=O)c2)CCN1Cc1ccc(C(F)(F)F)c(Cl)c1. The average Bonchev–Trinajstić information content (AvgIpc) is 2.72. The number of anilines is 1. The zero-order chi connectivity index (χ0) is 24.6. The fraction of sp³-hybridized carbons (Fsp3) is 0.478. The number of halogens is 4. The van der Waals surface area contributed by atoms with Crippen LogP contribution < -0.4 is 4.90 Å². The van der Waals surface area contributed by atoms with Gasteiger partial charge in [-0.25, -0.2) is 8.42 Å². The first-order valence-corrected chi connectivity index (χ1v) is 12.9. The molecule has 2 aromatic carbocycles. The van der Waals surface area contributed by atoms with Gasteiger partial charge in [-0.2, -0.15) is 13.2 Å². The monoisotopic (exact) mass is 504 g/mol. The van der Waals surface area contributed by atoms with Crippen molar-refractivity contribution in [3.8, 4) is 0 Å². The number of sulfone groups is 1. The summed E-state index contributed by atoms with van der Waals surface area (Å²) in [5.41, 5.74) is 0.986. The maximum Gasteiger partial charge on any atom is 0.417 e. The number of piperazine rings is 1. The molecule has 0 aromatic heterocycles. The molecule has 1 heterocycles. The molecular weight excluding hydrogens is 477 g/mol. The van der Waals surface area contributed by atoms with Gasteiger partial charge in [-0.3, -0.25) is 4.90 Å². The predicted molar refractivity (Wildman–Crippen MR) is 123 cm³/mol. The molecule has 0 spiro atoms. The lowest BCUT2D eigenvalue weighted by Gasteiger charge is -2.44. The van der Waals surface area contributed by atoms with E-state index < -0.39 is 21.6 Å². The Hall–Kier alpha value is -1.81. The summed E-state index contributed by atoms with van der Waals surface area (Å²) in [6.07, 6.45) is -3.37. The fourth-order valence-corrected chi connectivity index (χ4v) is 5.50. The van der Waals surface area contributed by atoms with Gasteiger partial charge < -0.3 is 10.0 Å². The number of aliphatic hydroxyl groups excluding tert-OH is 1. The minimum atomic E-state index is -4.49. The summed E-state index contributed by atoms with van der Waals surface area (Å²) in [5.74, 6) is 0.254. The molecule has 1 saturated heterocycles. The molecule has 2 aromatic rings. The van der Waals surface area contributed by atoms with Gasteiger partial charge >= 0.3 is 6.18 Å². The van der Waals surface area contributed by atoms with Crippen molar-refractivity contribution in [2.45, 2.75) is 44.1 Å². The van der Waals surface area contributed by atoms with Crippen LogP contribution in [0.4, 0.5) is 18.9 Å². The molecule has 0 aliphatic carbocycles. The number of hydrogen-bond acceptors (Lipinski definition) is 5. The summed E-state index contributed by atoms with van der Waals surface area (Å²) in [6, 6.07) is 9.00. The summed E-state index contributed by atoms with van der Waals surface area (Å²) >= 11 is 5.90. The highest BCUT2D eigenvalue weighted by Crippen LogP contribution is 2.35. The predicted octanol–water partition coefficient (Wildman–Crippen LogP) is 4.60. The molecule has 182 valence electrons. The van der Waals surface area contributed by atoms with Gasteiger partial charge in [-0.05, 0) is 41.3 Å². The third-order valence-electron chi connectivity index (χ3n) is 6.01. The van der Waals surface area contributed by atoms with E-state index in [1.165, 1.54) is 12.1 Å². The van der Waals surface area contributed by atoms with Crippen molar-refractivity contribution in [1.82, 2.24) is 4.90 Å². The molecule has 1 atom stereocenters. The topological polar surface area (TPSA) is 60.9 Å². The van der Waals surface area contributed by atoms with E-state index in [0.29, 0.717) is 37.3 Å². The third-order valence-corrected chi connectivity index (χ3v) is 7.51. The summed E-state index contributed by atoms with van der Waals surface area (Å²) in [5, 5.41) is 9.19. The van der Waals surface area contributed by atoms with Gasteiger partial charge in [0.15, 0.2) is 9.84 Å². The van der Waals surface area contributed by atoms with Gasteiger partial charge in [0.2, 0.25) is 0 Å². The quantitative estimate of drug-likeness (QED) is 0.623. The Morgan fingerprint density at radius 3 is 2.39 bits per heavy atom. The van der Waals surface area contributed by atoms with Gasteiger partial charge in [0, 0.05) is 44.2 Å². The highest BCUT2D eigenvalue weighted by Gasteiger charge is 2.34. The highest BCUT2D eigenvalue weighted by molar-refractivity contribution is 7.90. The van der Waals surface area contributed by atoms with Crippen molar-refractivity contribution in [2.24, 2.45) is 5.92 Å². The Morgan fingerprint density at radius 2 is 1.85 bits per heavy atom. The summed E-state index contributed by atoms with van der Waals surface area (Å²) in [7, 11) is -3.50.